The number of phenolic OH excluding ortho intramolecular Hbond substituents is 3. The third kappa shape index (κ3) is 21.6. The Hall–Kier alpha value is -3.61. The average Bonchev–Trinajstić information content (AvgIpc) is 3.22. The Morgan fingerprint density at radius 2 is 0.544 bits per heavy atom. The third-order valence-electron chi connectivity index (χ3n) is 11.6. The van der Waals surface area contributed by atoms with Crippen LogP contribution >= 0.6 is 0 Å². The van der Waals surface area contributed by atoms with Crippen LogP contribution in [0.4, 0.5) is 0 Å². The number of hydrogen-bond donors (Lipinski definition) is 6. The normalized spacial score (nSPS) is 15.1. The molecule has 385 valence electrons. The topological polar surface area (TPSA) is 168 Å². The first-order chi connectivity index (χ1) is 29.9. The molecule has 1 fully saturated rings. The van der Waals surface area contributed by atoms with Gasteiger partial charge in [-0.25, -0.2) is 0 Å². The SMILES string of the molecule is CC(C)(C)c1cc(/C=N/O)c(O)c(C(C)(C)C)c1.CC(C)(C)c1cc(/C=N/O)c(O)c(C(C)(C)C)c1.CC(C)(C)c1cc(/C=N/O)c(O)c(C(C)(C)C)c1.CN1CCN(C)CCN(C)CC1.[Fe+3].[Fe]. The fourth-order valence-electron chi connectivity index (χ4n) is 6.83. The van der Waals surface area contributed by atoms with Crippen LogP contribution in [-0.4, -0.2) is 125 Å². The van der Waals surface area contributed by atoms with Crippen LogP contribution in [0, 0.1) is 0 Å². The van der Waals surface area contributed by atoms with Crippen LogP contribution in [0.15, 0.2) is 51.9 Å². The first-order valence-electron chi connectivity index (χ1n) is 23.1. The fraction of sp³-hybridized carbons (Fsp3) is 0.611. The van der Waals surface area contributed by atoms with Crippen molar-refractivity contribution >= 4 is 18.6 Å². The van der Waals surface area contributed by atoms with Crippen LogP contribution in [0.1, 0.15) is 175 Å². The molecule has 4 rings (SSSR count). The van der Waals surface area contributed by atoms with Crippen LogP contribution in [-0.2, 0) is 66.6 Å². The van der Waals surface area contributed by atoms with Gasteiger partial charge in [-0.15, -0.1) is 0 Å². The monoisotopic (exact) mass is 1030 g/mol. The summed E-state index contributed by atoms with van der Waals surface area (Å²) in [5.74, 6) is 0.565. The van der Waals surface area contributed by atoms with Gasteiger partial charge in [0.25, 0.3) is 0 Å². The molecule has 0 spiro atoms. The summed E-state index contributed by atoms with van der Waals surface area (Å²) in [6.45, 7) is 44.7. The number of aromatic hydroxyl groups is 3. The summed E-state index contributed by atoms with van der Waals surface area (Å²) >= 11 is 0. The second-order valence-corrected chi connectivity index (χ2v) is 24.0. The molecule has 12 nitrogen and oxygen atoms in total. The van der Waals surface area contributed by atoms with Crippen molar-refractivity contribution in [1.82, 2.24) is 14.7 Å². The van der Waals surface area contributed by atoms with Crippen molar-refractivity contribution < 1.29 is 65.1 Å². The van der Waals surface area contributed by atoms with E-state index in [-0.39, 0.29) is 83.9 Å². The molecule has 1 aliphatic rings. The molecular formula is C54H90Fe2N6O6+3. The number of rotatable bonds is 3. The predicted octanol–water partition coefficient (Wildman–Crippen LogP) is 11.2. The van der Waals surface area contributed by atoms with Crippen LogP contribution in [0.25, 0.3) is 0 Å². The Morgan fingerprint density at radius 1 is 0.368 bits per heavy atom. The summed E-state index contributed by atoms with van der Waals surface area (Å²) in [4.78, 5) is 7.20. The second kappa shape index (κ2) is 27.1. The number of nitrogens with zero attached hydrogens (tertiary/aromatic N) is 6. The van der Waals surface area contributed by atoms with Gasteiger partial charge < -0.3 is 45.6 Å². The van der Waals surface area contributed by atoms with Gasteiger partial charge in [0.05, 0.1) is 18.6 Å². The summed E-state index contributed by atoms with van der Waals surface area (Å²) in [6.07, 6.45) is 3.83. The Bertz CT molecular complexity index is 1850. The van der Waals surface area contributed by atoms with Crippen LogP contribution in [0.2, 0.25) is 0 Å². The maximum atomic E-state index is 10.2. The molecule has 0 aromatic heterocycles. The van der Waals surface area contributed by atoms with E-state index in [1.165, 1.54) is 57.9 Å². The van der Waals surface area contributed by atoms with E-state index in [0.717, 1.165) is 33.4 Å². The van der Waals surface area contributed by atoms with E-state index in [4.69, 9.17) is 15.6 Å². The molecule has 0 aliphatic carbocycles. The molecule has 1 aliphatic heterocycles. The number of likely N-dealkylation sites (N-methyl/N-ethyl adjacent to an activating group) is 3. The minimum atomic E-state index is -0.163. The van der Waals surface area contributed by atoms with Gasteiger partial charge >= 0.3 is 17.1 Å². The van der Waals surface area contributed by atoms with E-state index in [1.54, 1.807) is 0 Å². The van der Waals surface area contributed by atoms with Crippen molar-refractivity contribution in [2.45, 2.75) is 157 Å². The number of benzene rings is 3. The van der Waals surface area contributed by atoms with Crippen molar-refractivity contribution in [2.24, 2.45) is 15.5 Å². The molecule has 6 N–H and O–H groups in total. The third-order valence-corrected chi connectivity index (χ3v) is 11.6. The first-order valence-corrected chi connectivity index (χ1v) is 23.1. The minimum absolute atomic E-state index is 0. The number of oxime groups is 3. The summed E-state index contributed by atoms with van der Waals surface area (Å²) in [5, 5.41) is 65.9. The Labute approximate surface area is 432 Å². The quantitative estimate of drug-likeness (QED) is 0.0647. The molecule has 3 aromatic carbocycles. The van der Waals surface area contributed by atoms with Crippen molar-refractivity contribution in [3.63, 3.8) is 0 Å². The Morgan fingerprint density at radius 3 is 0.676 bits per heavy atom. The zero-order valence-electron chi connectivity index (χ0n) is 45.5. The molecule has 1 heterocycles. The maximum absolute atomic E-state index is 10.2. The molecule has 0 saturated carbocycles. The van der Waals surface area contributed by atoms with E-state index in [1.807, 2.05) is 98.7 Å². The molecule has 1 radical (unpaired) electrons. The molecule has 68 heavy (non-hydrogen) atoms. The zero-order valence-corrected chi connectivity index (χ0v) is 47.7. The summed E-state index contributed by atoms with van der Waals surface area (Å²) in [7, 11) is 6.60. The van der Waals surface area contributed by atoms with Gasteiger partial charge in [0.1, 0.15) is 17.2 Å². The first kappa shape index (κ1) is 66.5. The van der Waals surface area contributed by atoms with Crippen LogP contribution in [0.5, 0.6) is 17.2 Å². The van der Waals surface area contributed by atoms with E-state index in [9.17, 15) is 15.3 Å². The molecule has 3 aromatic rings. The van der Waals surface area contributed by atoms with Gasteiger partial charge in [-0.05, 0) is 88.5 Å². The smallest absolute Gasteiger partial charge is 0.507 e. The van der Waals surface area contributed by atoms with Gasteiger partial charge in [0.2, 0.25) is 0 Å². The van der Waals surface area contributed by atoms with Crippen molar-refractivity contribution in [3.05, 3.63) is 86.5 Å². The van der Waals surface area contributed by atoms with Crippen molar-refractivity contribution in [1.29, 1.82) is 0 Å². The minimum Gasteiger partial charge on any atom is -0.507 e. The summed E-state index contributed by atoms with van der Waals surface area (Å²) in [5.41, 5.74) is 7.03. The summed E-state index contributed by atoms with van der Waals surface area (Å²) in [6, 6.07) is 11.7. The molecule has 0 bridgehead atoms. The Kier molecular flexibility index (Phi) is 26.5. The van der Waals surface area contributed by atoms with Crippen molar-refractivity contribution in [2.75, 3.05) is 60.4 Å². The van der Waals surface area contributed by atoms with Gasteiger partial charge in [-0.1, -0.05) is 158 Å². The Balaban J connectivity index is 0. The molecule has 0 atom stereocenters. The largest absolute Gasteiger partial charge is 3.00 e. The van der Waals surface area contributed by atoms with E-state index in [0.29, 0.717) is 16.7 Å². The molecular weight excluding hydrogens is 940 g/mol. The van der Waals surface area contributed by atoms with Gasteiger partial charge in [-0.2, -0.15) is 0 Å². The molecule has 0 amide bonds. The second-order valence-electron chi connectivity index (χ2n) is 24.0. The fourth-order valence-corrected chi connectivity index (χ4v) is 6.83. The standard InChI is InChI=1S/3C15H23NO2.C9H21N3.2Fe/c3*1-14(2,3)11-7-10(9-16-18)13(17)12(8-11)15(4,5)6;1-10-4-6-11(2)8-9-12(3)7-5-10;;/h3*7-9,17-18H,1-6H3;4-9H2,1-3H3;;/q;;;;;+3/b3*16-9+;;;. The van der Waals surface area contributed by atoms with E-state index >= 15 is 0 Å². The molecule has 14 heteroatoms. The van der Waals surface area contributed by atoms with Gasteiger partial charge in [-0.3, -0.25) is 0 Å². The maximum Gasteiger partial charge on any atom is 3.00 e. The van der Waals surface area contributed by atoms with Gasteiger partial charge in [0.15, 0.2) is 0 Å². The van der Waals surface area contributed by atoms with Crippen LogP contribution in [0.3, 0.4) is 0 Å². The molecule has 1 saturated heterocycles. The summed E-state index contributed by atoms with van der Waals surface area (Å²) < 4.78 is 0. The predicted molar refractivity (Wildman–Crippen MR) is 277 cm³/mol. The zero-order chi connectivity index (χ0) is 51.4. The number of phenols is 3. The number of hydrogen-bond acceptors (Lipinski definition) is 12. The van der Waals surface area contributed by atoms with Crippen molar-refractivity contribution in [3.8, 4) is 17.2 Å². The van der Waals surface area contributed by atoms with E-state index < -0.39 is 0 Å². The molecule has 0 unspecified atom stereocenters. The van der Waals surface area contributed by atoms with Gasteiger partial charge in [0, 0.05) is 89.7 Å². The van der Waals surface area contributed by atoms with Crippen LogP contribution < -0.4 is 0 Å². The average molecular weight is 1030 g/mol. The van der Waals surface area contributed by atoms with E-state index in [2.05, 4.69) is 114 Å².